The maximum absolute atomic E-state index is 7.79. The molecule has 2 aliphatic rings. The number of fused-ring (bicyclic) bond motifs is 4. The Kier molecular flexibility index (Phi) is 20.6. The highest BCUT2D eigenvalue weighted by Gasteiger charge is 2.45. The van der Waals surface area contributed by atoms with Crippen molar-refractivity contribution in [1.82, 2.24) is 0 Å². The minimum Gasteiger partial charge on any atom is -0.311 e. The molecule has 0 fully saturated rings. The Labute approximate surface area is 647 Å². The van der Waals surface area contributed by atoms with Crippen LogP contribution in [0, 0.1) is 0 Å². The van der Waals surface area contributed by atoms with Gasteiger partial charge >= 0.3 is 0 Å². The van der Waals surface area contributed by atoms with Crippen molar-refractivity contribution in [3.8, 4) is 0 Å². The van der Waals surface area contributed by atoms with Crippen molar-refractivity contribution in [1.29, 1.82) is 0 Å². The zero-order chi connectivity index (χ0) is 77.9. The van der Waals surface area contributed by atoms with Crippen LogP contribution in [0.2, 0.25) is 5.02 Å². The molecular formula is C100H124BClN4. The van der Waals surface area contributed by atoms with Gasteiger partial charge in [0.05, 0.1) is 16.4 Å². The average Bonchev–Trinajstić information content (AvgIpc) is 0.696. The maximum atomic E-state index is 7.79. The lowest BCUT2D eigenvalue weighted by atomic mass is 9.33. The topological polar surface area (TPSA) is 13.0 Å². The van der Waals surface area contributed by atoms with Gasteiger partial charge in [-0.15, -0.1) is 0 Å². The fourth-order valence-corrected chi connectivity index (χ4v) is 15.1. The molecule has 0 saturated heterocycles. The molecule has 0 bridgehead atoms. The Morgan fingerprint density at radius 1 is 0.236 bits per heavy atom. The van der Waals surface area contributed by atoms with Gasteiger partial charge in [0, 0.05) is 56.9 Å². The third kappa shape index (κ3) is 16.3. The van der Waals surface area contributed by atoms with Crippen molar-refractivity contribution in [3.63, 3.8) is 0 Å². The van der Waals surface area contributed by atoms with Crippen LogP contribution in [0.15, 0.2) is 206 Å². The number of nitrogens with zero attached hydrogens (tertiary/aromatic N) is 4. The molecule has 4 nitrogen and oxygen atoms in total. The van der Waals surface area contributed by atoms with Crippen LogP contribution < -0.4 is 36.0 Å². The van der Waals surface area contributed by atoms with Gasteiger partial charge in [-0.05, 0) is 235 Å². The van der Waals surface area contributed by atoms with E-state index in [1.165, 1.54) is 106 Å². The fourth-order valence-electron chi connectivity index (χ4n) is 14.8. The number of halogens is 1. The third-order valence-corrected chi connectivity index (χ3v) is 22.3. The summed E-state index contributed by atoms with van der Waals surface area (Å²) in [6.45, 7) is 69.1. The van der Waals surface area contributed by atoms with Crippen LogP contribution in [0.3, 0.4) is 0 Å². The third-order valence-electron chi connectivity index (χ3n) is 21.9. The Hall–Kier alpha value is -8.25. The average molecular weight is 1430 g/mol. The zero-order valence-electron chi connectivity index (χ0n) is 70.4. The number of rotatable bonds is 8. The summed E-state index contributed by atoms with van der Waals surface area (Å²) < 4.78 is 0. The molecule has 106 heavy (non-hydrogen) atoms. The molecule has 0 radical (unpaired) electrons. The Bertz CT molecular complexity index is 4720. The van der Waals surface area contributed by atoms with Crippen LogP contribution in [0.25, 0.3) is 0 Å². The van der Waals surface area contributed by atoms with E-state index in [1.54, 1.807) is 0 Å². The molecule has 0 unspecified atom stereocenters. The molecule has 10 aromatic carbocycles. The van der Waals surface area contributed by atoms with Crippen molar-refractivity contribution in [2.75, 3.05) is 19.6 Å². The van der Waals surface area contributed by atoms with E-state index in [0.717, 1.165) is 34.1 Å². The van der Waals surface area contributed by atoms with E-state index in [9.17, 15) is 0 Å². The second-order valence-corrected chi connectivity index (χ2v) is 41.2. The van der Waals surface area contributed by atoms with Crippen molar-refractivity contribution < 1.29 is 0 Å². The SMILES string of the molecule is CC(C)(C)c1ccc(N(c2ccc(C(C)(C)C)cc2)c2cccc(N(c3ccc(C(C)(C)C)cc3)c3cc(C(C)(C)C)cc(C(C)(C)C)c3)c2Cl)cc1.CC(C)(C)c1ccc(N2c3ccc(C(C)(C)C)cc3B3c4cc(C(C)(C)C)ccc4N(c4cc(C(C)(C)C)cc(C(C)(C)C)c4)c4cccc2c43)cc1. The highest BCUT2D eigenvalue weighted by Crippen LogP contribution is 2.51. The monoisotopic (exact) mass is 1430 g/mol. The molecule has 0 aromatic heterocycles. The van der Waals surface area contributed by atoms with E-state index in [4.69, 9.17) is 11.6 Å². The summed E-state index contributed by atoms with van der Waals surface area (Å²) >= 11 is 7.79. The second-order valence-electron chi connectivity index (χ2n) is 40.9. The first kappa shape index (κ1) is 78.8. The smallest absolute Gasteiger partial charge is 0.252 e. The van der Waals surface area contributed by atoms with E-state index in [1.807, 2.05) is 0 Å². The highest BCUT2D eigenvalue weighted by molar-refractivity contribution is 7.00. The van der Waals surface area contributed by atoms with Gasteiger partial charge in [-0.25, -0.2) is 0 Å². The van der Waals surface area contributed by atoms with Gasteiger partial charge in [-0.1, -0.05) is 316 Å². The number of anilines is 12. The molecule has 2 aliphatic heterocycles. The largest absolute Gasteiger partial charge is 0.311 e. The quantitative estimate of drug-likeness (QED) is 0.141. The molecule has 0 spiro atoms. The predicted molar refractivity (Wildman–Crippen MR) is 468 cm³/mol. The van der Waals surface area contributed by atoms with Gasteiger partial charge in [-0.3, -0.25) is 0 Å². The van der Waals surface area contributed by atoms with Crippen LogP contribution in [-0.4, -0.2) is 6.71 Å². The minimum atomic E-state index is -0.0430. The zero-order valence-corrected chi connectivity index (χ0v) is 71.1. The van der Waals surface area contributed by atoms with Gasteiger partial charge in [0.2, 0.25) is 0 Å². The van der Waals surface area contributed by atoms with Gasteiger partial charge < -0.3 is 19.6 Å². The summed E-state index contributed by atoms with van der Waals surface area (Å²) in [6, 6.07) is 78.7. The fraction of sp³-hybridized carbons (Fsp3) is 0.400. The van der Waals surface area contributed by atoms with Crippen LogP contribution in [0.1, 0.15) is 263 Å². The van der Waals surface area contributed by atoms with Crippen molar-refractivity contribution >= 4 is 103 Å². The van der Waals surface area contributed by atoms with Gasteiger partial charge in [-0.2, -0.15) is 0 Å². The van der Waals surface area contributed by atoms with Crippen LogP contribution in [0.5, 0.6) is 0 Å². The summed E-state index contributed by atoms with van der Waals surface area (Å²) in [6.07, 6.45) is 0. The van der Waals surface area contributed by atoms with Crippen LogP contribution in [0.4, 0.5) is 68.2 Å². The van der Waals surface area contributed by atoms with E-state index >= 15 is 0 Å². The number of hydrogen-bond acceptors (Lipinski definition) is 4. The lowest BCUT2D eigenvalue weighted by molar-refractivity contribution is 0.568. The molecule has 0 aliphatic carbocycles. The second kappa shape index (κ2) is 27.8. The summed E-state index contributed by atoms with van der Waals surface area (Å²) in [7, 11) is 0. The Morgan fingerprint density at radius 3 is 0.811 bits per heavy atom. The van der Waals surface area contributed by atoms with Crippen molar-refractivity contribution in [2.45, 2.75) is 262 Å². The lowest BCUT2D eigenvalue weighted by Gasteiger charge is -2.45. The first-order chi connectivity index (χ1) is 48.8. The van der Waals surface area contributed by atoms with Crippen LogP contribution >= 0.6 is 11.6 Å². The van der Waals surface area contributed by atoms with Crippen molar-refractivity contribution in [3.05, 3.63) is 267 Å². The van der Waals surface area contributed by atoms with E-state index < -0.39 is 0 Å². The molecule has 0 atom stereocenters. The maximum Gasteiger partial charge on any atom is 0.252 e. The standard InChI is InChI=1S/C50H61BN2.C50H63ClN2/c1-46(2,3)32-19-23-37(24-20-32)52-41-25-21-33(47(4,5)6)30-39(41)51-40-31-34(48(7,8)9)22-26-42(40)53(44-18-16-17-43(52)45(44)51)38-28-35(49(10,11)12)27-36(29-38)50(13,14)15;1-46(2,3)34-19-25-39(26-20-34)52(40-27-21-35(22-28-40)47(4,5)6)43-17-16-18-44(45(43)51)53(41-29-23-36(24-30-41)48(7,8)9)42-32-37(49(10,11)12)31-38(33-42)50(13,14)15/h16-31H,1-15H3;16-33H,1-15H3. The molecule has 12 rings (SSSR count). The van der Waals surface area contributed by atoms with Crippen molar-refractivity contribution in [2.24, 2.45) is 0 Å². The van der Waals surface area contributed by atoms with Gasteiger partial charge in [0.25, 0.3) is 6.71 Å². The number of benzene rings is 10. The lowest BCUT2D eigenvalue weighted by Crippen LogP contribution is -2.61. The molecule has 10 aromatic rings. The molecule has 0 amide bonds. The summed E-state index contributed by atoms with van der Waals surface area (Å²) in [5, 5.41) is 0.686. The Balaban J connectivity index is 0.000000212. The summed E-state index contributed by atoms with van der Waals surface area (Å²) in [5.41, 5.74) is 31.2. The molecule has 0 saturated carbocycles. The Morgan fingerprint density at radius 2 is 0.500 bits per heavy atom. The normalized spacial score (nSPS) is 13.7. The predicted octanol–water partition coefficient (Wildman–Crippen LogP) is 28.0. The van der Waals surface area contributed by atoms with Gasteiger partial charge in [0.15, 0.2) is 0 Å². The van der Waals surface area contributed by atoms with E-state index in [2.05, 4.69) is 434 Å². The first-order valence-corrected chi connectivity index (χ1v) is 39.3. The van der Waals surface area contributed by atoms with E-state index in [-0.39, 0.29) is 60.9 Å². The summed E-state index contributed by atoms with van der Waals surface area (Å²) in [5.74, 6) is 0. The minimum absolute atomic E-state index is 0.00167. The van der Waals surface area contributed by atoms with E-state index in [0.29, 0.717) is 5.02 Å². The molecular weight excluding hydrogens is 1300 g/mol. The highest BCUT2D eigenvalue weighted by atomic mass is 35.5. The molecule has 0 N–H and O–H groups in total. The molecule has 6 heteroatoms. The van der Waals surface area contributed by atoms with Gasteiger partial charge in [0.1, 0.15) is 0 Å². The van der Waals surface area contributed by atoms with Crippen LogP contribution in [-0.2, 0) is 54.1 Å². The molecule has 554 valence electrons. The first-order valence-electron chi connectivity index (χ1n) is 39.0. The number of hydrogen-bond donors (Lipinski definition) is 0. The molecule has 2 heterocycles. The summed E-state index contributed by atoms with van der Waals surface area (Å²) in [4.78, 5) is 9.78.